The SMILES string of the molecule is CN(C)c1cccc(Nc2nccc(Nc3ccc4c(c3)OCO4)n2)c1. The molecule has 132 valence electrons. The van der Waals surface area contributed by atoms with Crippen molar-refractivity contribution >= 4 is 28.8 Å². The van der Waals surface area contributed by atoms with Gasteiger partial charge in [-0.05, 0) is 36.4 Å². The van der Waals surface area contributed by atoms with E-state index in [1.165, 1.54) is 0 Å². The van der Waals surface area contributed by atoms with Gasteiger partial charge in [-0.1, -0.05) is 6.07 Å². The molecule has 26 heavy (non-hydrogen) atoms. The molecule has 2 heterocycles. The van der Waals surface area contributed by atoms with Crippen LogP contribution in [0.1, 0.15) is 0 Å². The summed E-state index contributed by atoms with van der Waals surface area (Å²) in [6.07, 6.45) is 1.71. The lowest BCUT2D eigenvalue weighted by molar-refractivity contribution is 0.174. The molecule has 0 spiro atoms. The molecule has 0 fully saturated rings. The molecule has 1 aromatic heterocycles. The molecule has 0 unspecified atom stereocenters. The second-order valence-electron chi connectivity index (χ2n) is 6.03. The number of aromatic nitrogens is 2. The van der Waals surface area contributed by atoms with Gasteiger partial charge in [0.25, 0.3) is 0 Å². The number of ether oxygens (including phenoxy) is 2. The predicted octanol–water partition coefficient (Wildman–Crippen LogP) is 3.76. The summed E-state index contributed by atoms with van der Waals surface area (Å²) in [5.41, 5.74) is 2.90. The lowest BCUT2D eigenvalue weighted by Gasteiger charge is -2.14. The average Bonchev–Trinajstić information content (AvgIpc) is 3.10. The van der Waals surface area contributed by atoms with E-state index < -0.39 is 0 Å². The summed E-state index contributed by atoms with van der Waals surface area (Å²) in [5, 5.41) is 6.49. The molecular weight excluding hydrogens is 330 g/mol. The minimum absolute atomic E-state index is 0.256. The normalized spacial score (nSPS) is 11.9. The van der Waals surface area contributed by atoms with E-state index in [2.05, 4.69) is 20.6 Å². The van der Waals surface area contributed by atoms with Gasteiger partial charge in [-0.25, -0.2) is 4.98 Å². The van der Waals surface area contributed by atoms with Gasteiger partial charge in [0.1, 0.15) is 5.82 Å². The van der Waals surface area contributed by atoms with Gasteiger partial charge in [-0.2, -0.15) is 4.98 Å². The van der Waals surface area contributed by atoms with E-state index in [0.29, 0.717) is 11.8 Å². The Morgan fingerprint density at radius 2 is 1.77 bits per heavy atom. The van der Waals surface area contributed by atoms with Crippen LogP contribution in [0.2, 0.25) is 0 Å². The molecule has 0 saturated carbocycles. The lowest BCUT2D eigenvalue weighted by Crippen LogP contribution is -2.08. The second kappa shape index (κ2) is 6.79. The monoisotopic (exact) mass is 349 g/mol. The van der Waals surface area contributed by atoms with Crippen LogP contribution in [0.15, 0.2) is 54.7 Å². The minimum Gasteiger partial charge on any atom is -0.454 e. The van der Waals surface area contributed by atoms with E-state index in [-0.39, 0.29) is 6.79 Å². The molecule has 0 saturated heterocycles. The number of rotatable bonds is 5. The van der Waals surface area contributed by atoms with Gasteiger partial charge in [0, 0.05) is 43.4 Å². The molecule has 2 aromatic carbocycles. The topological polar surface area (TPSA) is 71.5 Å². The summed E-state index contributed by atoms with van der Waals surface area (Å²) in [6, 6.07) is 15.6. The number of fused-ring (bicyclic) bond motifs is 1. The largest absolute Gasteiger partial charge is 0.454 e. The van der Waals surface area contributed by atoms with E-state index in [1.54, 1.807) is 6.20 Å². The van der Waals surface area contributed by atoms with Gasteiger partial charge >= 0.3 is 0 Å². The first kappa shape index (κ1) is 16.0. The molecule has 0 aliphatic carbocycles. The highest BCUT2D eigenvalue weighted by Gasteiger charge is 2.13. The Balaban J connectivity index is 1.51. The van der Waals surface area contributed by atoms with E-state index in [1.807, 2.05) is 67.5 Å². The Hall–Kier alpha value is -3.48. The number of hydrogen-bond acceptors (Lipinski definition) is 7. The van der Waals surface area contributed by atoms with Crippen molar-refractivity contribution in [2.75, 3.05) is 36.4 Å². The van der Waals surface area contributed by atoms with Gasteiger partial charge in [0.2, 0.25) is 12.7 Å². The molecular formula is C19H19N5O2. The van der Waals surface area contributed by atoms with Gasteiger partial charge < -0.3 is 25.0 Å². The van der Waals surface area contributed by atoms with Crippen LogP contribution in [0.4, 0.5) is 28.8 Å². The van der Waals surface area contributed by atoms with Gasteiger partial charge in [0.15, 0.2) is 11.5 Å². The fourth-order valence-corrected chi connectivity index (χ4v) is 2.60. The summed E-state index contributed by atoms with van der Waals surface area (Å²) >= 11 is 0. The third kappa shape index (κ3) is 3.46. The molecule has 0 amide bonds. The highest BCUT2D eigenvalue weighted by atomic mass is 16.7. The molecule has 1 aliphatic rings. The van der Waals surface area contributed by atoms with Crippen molar-refractivity contribution in [1.29, 1.82) is 0 Å². The smallest absolute Gasteiger partial charge is 0.231 e. The lowest BCUT2D eigenvalue weighted by atomic mass is 10.2. The third-order valence-corrected chi connectivity index (χ3v) is 3.92. The van der Waals surface area contributed by atoms with Crippen molar-refractivity contribution in [2.24, 2.45) is 0 Å². The van der Waals surface area contributed by atoms with Crippen LogP contribution in [0.5, 0.6) is 11.5 Å². The van der Waals surface area contributed by atoms with Crippen LogP contribution < -0.4 is 25.0 Å². The van der Waals surface area contributed by atoms with E-state index in [0.717, 1.165) is 28.6 Å². The number of benzene rings is 2. The standard InChI is InChI=1S/C19H19N5O2/c1-24(2)15-5-3-4-13(10-15)22-19-20-9-8-18(23-19)21-14-6-7-16-17(11-14)26-12-25-16/h3-11H,12H2,1-2H3,(H2,20,21,22,23). The van der Waals surface area contributed by atoms with Crippen molar-refractivity contribution < 1.29 is 9.47 Å². The van der Waals surface area contributed by atoms with E-state index in [9.17, 15) is 0 Å². The van der Waals surface area contributed by atoms with Crippen LogP contribution >= 0.6 is 0 Å². The molecule has 0 atom stereocenters. The van der Waals surface area contributed by atoms with Gasteiger partial charge in [-0.3, -0.25) is 0 Å². The van der Waals surface area contributed by atoms with E-state index >= 15 is 0 Å². The maximum atomic E-state index is 5.40. The maximum absolute atomic E-state index is 5.40. The van der Waals surface area contributed by atoms with Crippen LogP contribution in [-0.2, 0) is 0 Å². The van der Waals surface area contributed by atoms with Crippen LogP contribution in [0, 0.1) is 0 Å². The Kier molecular flexibility index (Phi) is 4.18. The molecule has 1 aliphatic heterocycles. The average molecular weight is 349 g/mol. The Labute approximate surface area is 151 Å². The Bertz CT molecular complexity index is 929. The summed E-state index contributed by atoms with van der Waals surface area (Å²) < 4.78 is 10.7. The molecule has 0 radical (unpaired) electrons. The maximum Gasteiger partial charge on any atom is 0.231 e. The molecule has 7 heteroatoms. The summed E-state index contributed by atoms with van der Waals surface area (Å²) in [4.78, 5) is 10.8. The highest BCUT2D eigenvalue weighted by molar-refractivity contribution is 5.64. The van der Waals surface area contributed by atoms with Crippen molar-refractivity contribution in [1.82, 2.24) is 9.97 Å². The Morgan fingerprint density at radius 3 is 2.65 bits per heavy atom. The quantitative estimate of drug-likeness (QED) is 0.727. The highest BCUT2D eigenvalue weighted by Crippen LogP contribution is 2.35. The summed E-state index contributed by atoms with van der Waals surface area (Å²) in [7, 11) is 4.01. The van der Waals surface area contributed by atoms with Gasteiger partial charge in [-0.15, -0.1) is 0 Å². The molecule has 7 nitrogen and oxygen atoms in total. The van der Waals surface area contributed by atoms with Crippen molar-refractivity contribution in [2.45, 2.75) is 0 Å². The van der Waals surface area contributed by atoms with E-state index in [4.69, 9.17) is 9.47 Å². The van der Waals surface area contributed by atoms with Crippen molar-refractivity contribution in [3.05, 3.63) is 54.7 Å². The second-order valence-corrected chi connectivity index (χ2v) is 6.03. The first-order valence-corrected chi connectivity index (χ1v) is 8.21. The number of hydrogen-bond donors (Lipinski definition) is 2. The zero-order valence-corrected chi connectivity index (χ0v) is 14.6. The predicted molar refractivity (Wildman–Crippen MR) is 102 cm³/mol. The number of anilines is 5. The van der Waals surface area contributed by atoms with Crippen LogP contribution in [-0.4, -0.2) is 30.9 Å². The zero-order valence-electron chi connectivity index (χ0n) is 14.6. The first-order valence-electron chi connectivity index (χ1n) is 8.21. The van der Waals surface area contributed by atoms with Crippen LogP contribution in [0.25, 0.3) is 0 Å². The fraction of sp³-hybridized carbons (Fsp3) is 0.158. The minimum atomic E-state index is 0.256. The third-order valence-electron chi connectivity index (χ3n) is 3.92. The summed E-state index contributed by atoms with van der Waals surface area (Å²) in [6.45, 7) is 0.256. The molecule has 4 rings (SSSR count). The number of nitrogens with one attached hydrogen (secondary N) is 2. The van der Waals surface area contributed by atoms with Crippen molar-refractivity contribution in [3.63, 3.8) is 0 Å². The zero-order chi connectivity index (χ0) is 17.9. The first-order chi connectivity index (χ1) is 12.7. The Morgan fingerprint density at radius 1 is 0.923 bits per heavy atom. The number of nitrogens with zero attached hydrogens (tertiary/aromatic N) is 3. The summed E-state index contributed by atoms with van der Waals surface area (Å²) in [5.74, 6) is 2.68. The van der Waals surface area contributed by atoms with Crippen molar-refractivity contribution in [3.8, 4) is 11.5 Å². The molecule has 2 N–H and O–H groups in total. The molecule has 0 bridgehead atoms. The molecule has 3 aromatic rings. The fourth-order valence-electron chi connectivity index (χ4n) is 2.60. The van der Waals surface area contributed by atoms with Crippen LogP contribution in [0.3, 0.4) is 0 Å². The van der Waals surface area contributed by atoms with Gasteiger partial charge in [0.05, 0.1) is 0 Å².